The van der Waals surface area contributed by atoms with E-state index < -0.39 is 0 Å². The molecule has 2 heterocycles. The number of anilines is 2. The summed E-state index contributed by atoms with van der Waals surface area (Å²) in [5.41, 5.74) is 2.11. The molecule has 0 saturated carbocycles. The summed E-state index contributed by atoms with van der Waals surface area (Å²) >= 11 is 1.72. The number of benzene rings is 1. The number of likely N-dealkylation sites (N-methyl/N-ethyl adjacent to an activating group) is 1. The largest absolute Gasteiger partial charge is 0.372 e. The summed E-state index contributed by atoms with van der Waals surface area (Å²) in [4.78, 5) is 18.0. The number of carbonyl (C=O) groups excluding carboxylic acids is 1. The third kappa shape index (κ3) is 5.31. The van der Waals surface area contributed by atoms with Gasteiger partial charge in [-0.1, -0.05) is 13.0 Å². The number of piperidine rings is 1. The second-order valence-corrected chi connectivity index (χ2v) is 8.05. The molecule has 1 aromatic heterocycles. The second-order valence-electron chi connectivity index (χ2n) is 7.02. The lowest BCUT2D eigenvalue weighted by Crippen LogP contribution is -2.32. The number of hydrogen-bond donors (Lipinski definition) is 1. The highest BCUT2D eigenvalue weighted by atomic mass is 32.1. The van der Waals surface area contributed by atoms with Crippen molar-refractivity contribution in [2.24, 2.45) is 5.92 Å². The van der Waals surface area contributed by atoms with Crippen molar-refractivity contribution < 1.29 is 4.79 Å². The van der Waals surface area contributed by atoms with Crippen LogP contribution in [0.5, 0.6) is 0 Å². The Bertz CT molecular complexity index is 661. The minimum absolute atomic E-state index is 0.0265. The average Bonchev–Trinajstić information content (AvgIpc) is 3.09. The molecule has 4 nitrogen and oxygen atoms in total. The van der Waals surface area contributed by atoms with Gasteiger partial charge in [-0.25, -0.2) is 0 Å². The number of hydrogen-bond acceptors (Lipinski definition) is 4. The van der Waals surface area contributed by atoms with Crippen LogP contribution in [-0.2, 0) is 11.3 Å². The predicted molar refractivity (Wildman–Crippen MR) is 106 cm³/mol. The molecule has 3 rings (SSSR count). The maximum Gasteiger partial charge on any atom is 0.238 e. The number of carbonyl (C=O) groups is 1. The highest BCUT2D eigenvalue weighted by Crippen LogP contribution is 2.24. The van der Waals surface area contributed by atoms with Crippen molar-refractivity contribution in [3.05, 3.63) is 46.7 Å². The summed E-state index contributed by atoms with van der Waals surface area (Å²) in [7, 11) is 1.97. The highest BCUT2D eigenvalue weighted by molar-refractivity contribution is 7.09. The topological polar surface area (TPSA) is 35.6 Å². The first kappa shape index (κ1) is 18.0. The number of thiophene rings is 1. The van der Waals surface area contributed by atoms with E-state index in [0.717, 1.165) is 31.2 Å². The van der Waals surface area contributed by atoms with Crippen LogP contribution >= 0.6 is 11.3 Å². The maximum atomic E-state index is 12.2. The number of rotatable bonds is 6. The molecule has 2 aromatic rings. The fourth-order valence-corrected chi connectivity index (χ4v) is 3.98. The molecular weight excluding hydrogens is 330 g/mol. The minimum Gasteiger partial charge on any atom is -0.372 e. The van der Waals surface area contributed by atoms with Crippen molar-refractivity contribution in [1.82, 2.24) is 4.90 Å². The van der Waals surface area contributed by atoms with Crippen LogP contribution in [0.2, 0.25) is 0 Å². The van der Waals surface area contributed by atoms with Crippen LogP contribution in [-0.4, -0.2) is 37.5 Å². The van der Waals surface area contributed by atoms with Crippen molar-refractivity contribution in [3.8, 4) is 0 Å². The van der Waals surface area contributed by atoms with E-state index in [1.807, 2.05) is 30.1 Å². The van der Waals surface area contributed by atoms with Crippen LogP contribution < -0.4 is 10.2 Å². The molecule has 134 valence electrons. The molecule has 1 N–H and O–H groups in total. The summed E-state index contributed by atoms with van der Waals surface area (Å²) in [5.74, 6) is 0.861. The number of nitrogens with zero attached hydrogens (tertiary/aromatic N) is 2. The van der Waals surface area contributed by atoms with E-state index >= 15 is 0 Å². The van der Waals surface area contributed by atoms with Crippen LogP contribution in [0.3, 0.4) is 0 Å². The molecule has 1 aromatic carbocycles. The molecular formula is C20H27N3OS. The normalized spacial score (nSPS) is 15.6. The van der Waals surface area contributed by atoms with Gasteiger partial charge in [0.1, 0.15) is 0 Å². The summed E-state index contributed by atoms with van der Waals surface area (Å²) < 4.78 is 0. The Hall–Kier alpha value is -1.85. The molecule has 0 unspecified atom stereocenters. The van der Waals surface area contributed by atoms with Crippen molar-refractivity contribution in [3.63, 3.8) is 0 Å². The fourth-order valence-electron chi connectivity index (χ4n) is 3.19. The molecule has 0 atom stereocenters. The van der Waals surface area contributed by atoms with Gasteiger partial charge in [0.2, 0.25) is 5.91 Å². The van der Waals surface area contributed by atoms with E-state index in [2.05, 4.69) is 40.7 Å². The quantitative estimate of drug-likeness (QED) is 0.847. The van der Waals surface area contributed by atoms with Gasteiger partial charge < -0.3 is 10.2 Å². The van der Waals surface area contributed by atoms with E-state index in [1.54, 1.807) is 11.3 Å². The first-order valence-electron chi connectivity index (χ1n) is 8.96. The van der Waals surface area contributed by atoms with Crippen molar-refractivity contribution in [1.29, 1.82) is 0 Å². The van der Waals surface area contributed by atoms with E-state index in [1.165, 1.54) is 23.4 Å². The van der Waals surface area contributed by atoms with Crippen LogP contribution in [0.4, 0.5) is 11.4 Å². The predicted octanol–water partition coefficient (Wildman–Crippen LogP) is 4.05. The summed E-state index contributed by atoms with van der Waals surface area (Å²) in [6.07, 6.45) is 2.52. The Kier molecular flexibility index (Phi) is 6.10. The van der Waals surface area contributed by atoms with Gasteiger partial charge in [0.25, 0.3) is 0 Å². The lowest BCUT2D eigenvalue weighted by molar-refractivity contribution is -0.117. The van der Waals surface area contributed by atoms with Crippen LogP contribution in [0.25, 0.3) is 0 Å². The standard InChI is InChI=1S/C20H27N3OS/c1-16-9-11-23(12-10-16)18-7-5-17(6-8-18)21-20(24)15-22(2)14-19-4-3-13-25-19/h3-8,13,16H,9-12,14-15H2,1-2H3,(H,21,24). The zero-order valence-electron chi connectivity index (χ0n) is 15.1. The molecule has 1 aliphatic rings. The third-order valence-corrected chi connectivity index (χ3v) is 5.58. The minimum atomic E-state index is 0.0265. The Labute approximate surface area is 154 Å². The van der Waals surface area contributed by atoms with Crippen molar-refractivity contribution >= 4 is 28.6 Å². The summed E-state index contributed by atoms with van der Waals surface area (Å²) in [5, 5.41) is 5.06. The van der Waals surface area contributed by atoms with E-state index in [9.17, 15) is 4.79 Å². The van der Waals surface area contributed by atoms with Gasteiger partial charge in [-0.3, -0.25) is 9.69 Å². The Balaban J connectivity index is 1.48. The molecule has 0 spiro atoms. The summed E-state index contributed by atoms with van der Waals surface area (Å²) in [6.45, 7) is 5.77. The smallest absolute Gasteiger partial charge is 0.238 e. The molecule has 1 saturated heterocycles. The Morgan fingerprint density at radius 1 is 1.24 bits per heavy atom. The van der Waals surface area contributed by atoms with Crippen LogP contribution in [0, 0.1) is 5.92 Å². The number of amides is 1. The lowest BCUT2D eigenvalue weighted by atomic mass is 9.99. The highest BCUT2D eigenvalue weighted by Gasteiger charge is 2.16. The van der Waals surface area contributed by atoms with E-state index in [-0.39, 0.29) is 5.91 Å². The fraction of sp³-hybridized carbons (Fsp3) is 0.450. The molecule has 1 fully saturated rings. The SMILES string of the molecule is CC1CCN(c2ccc(NC(=O)CN(C)Cc3cccs3)cc2)CC1. The monoisotopic (exact) mass is 357 g/mol. The lowest BCUT2D eigenvalue weighted by Gasteiger charge is -2.32. The molecule has 0 bridgehead atoms. The van der Waals surface area contributed by atoms with Gasteiger partial charge in [-0.05, 0) is 61.5 Å². The Morgan fingerprint density at radius 2 is 1.96 bits per heavy atom. The molecule has 1 amide bonds. The second kappa shape index (κ2) is 8.50. The molecule has 5 heteroatoms. The van der Waals surface area contributed by atoms with Gasteiger partial charge in [-0.15, -0.1) is 11.3 Å². The first-order valence-corrected chi connectivity index (χ1v) is 9.84. The van der Waals surface area contributed by atoms with Gasteiger partial charge in [0.05, 0.1) is 6.54 Å². The van der Waals surface area contributed by atoms with Crippen molar-refractivity contribution in [2.75, 3.05) is 36.9 Å². The Morgan fingerprint density at radius 3 is 2.60 bits per heavy atom. The molecule has 0 radical (unpaired) electrons. The van der Waals surface area contributed by atoms with E-state index in [0.29, 0.717) is 6.54 Å². The average molecular weight is 358 g/mol. The van der Waals surface area contributed by atoms with Gasteiger partial charge in [0.15, 0.2) is 0 Å². The van der Waals surface area contributed by atoms with Gasteiger partial charge in [0, 0.05) is 35.9 Å². The summed E-state index contributed by atoms with van der Waals surface area (Å²) in [6, 6.07) is 12.4. The zero-order chi connectivity index (χ0) is 17.6. The van der Waals surface area contributed by atoms with Crippen LogP contribution in [0.15, 0.2) is 41.8 Å². The zero-order valence-corrected chi connectivity index (χ0v) is 15.9. The van der Waals surface area contributed by atoms with Gasteiger partial charge in [-0.2, -0.15) is 0 Å². The maximum absolute atomic E-state index is 12.2. The molecule has 25 heavy (non-hydrogen) atoms. The van der Waals surface area contributed by atoms with Gasteiger partial charge >= 0.3 is 0 Å². The molecule has 0 aliphatic carbocycles. The number of nitrogens with one attached hydrogen (secondary N) is 1. The van der Waals surface area contributed by atoms with Crippen LogP contribution in [0.1, 0.15) is 24.6 Å². The third-order valence-electron chi connectivity index (χ3n) is 4.72. The molecule has 1 aliphatic heterocycles. The van der Waals surface area contributed by atoms with Crippen molar-refractivity contribution in [2.45, 2.75) is 26.3 Å². The van der Waals surface area contributed by atoms with E-state index in [4.69, 9.17) is 0 Å². The first-order chi connectivity index (χ1) is 12.1.